The van der Waals surface area contributed by atoms with Gasteiger partial charge in [0.05, 0.1) is 6.67 Å². The zero-order chi connectivity index (χ0) is 13.3. The molecule has 0 atom stereocenters. The molecule has 0 aliphatic carbocycles. The molecule has 0 unspecified atom stereocenters. The molecule has 0 spiro atoms. The maximum absolute atomic E-state index is 3.49. The van der Waals surface area contributed by atoms with E-state index >= 15 is 0 Å². The van der Waals surface area contributed by atoms with Gasteiger partial charge in [-0.2, -0.15) is 0 Å². The largest absolute Gasteiger partial charge is 0.384 e. The van der Waals surface area contributed by atoms with E-state index in [0.717, 1.165) is 19.8 Å². The first-order chi connectivity index (χ1) is 9.38. The van der Waals surface area contributed by atoms with Crippen molar-refractivity contribution in [3.63, 3.8) is 0 Å². The molecule has 1 N–H and O–H groups in total. The predicted octanol–water partition coefficient (Wildman–Crippen LogP) is 2.86. The molecule has 2 rings (SSSR count). The monoisotopic (exact) mass is 261 g/mol. The van der Waals surface area contributed by atoms with Crippen LogP contribution >= 0.6 is 0 Å². The molecular formula is C16H27N3. The number of nitrogens with one attached hydrogen (secondary N) is 1. The SMILES string of the molecule is CCCCN1CCCN(CCNc2ccccc2)C1. The Morgan fingerprint density at radius 3 is 2.53 bits per heavy atom. The summed E-state index contributed by atoms with van der Waals surface area (Å²) in [4.78, 5) is 5.16. The highest BCUT2D eigenvalue weighted by molar-refractivity contribution is 5.42. The number of rotatable bonds is 7. The van der Waals surface area contributed by atoms with Gasteiger partial charge in [-0.05, 0) is 31.5 Å². The Bertz CT molecular complexity index is 339. The van der Waals surface area contributed by atoms with Crippen LogP contribution in [-0.4, -0.2) is 49.2 Å². The van der Waals surface area contributed by atoms with Crippen LogP contribution in [0.25, 0.3) is 0 Å². The number of anilines is 1. The third-order valence-electron chi connectivity index (χ3n) is 3.71. The molecule has 1 saturated heterocycles. The van der Waals surface area contributed by atoms with E-state index in [1.165, 1.54) is 44.6 Å². The molecule has 1 heterocycles. The second kappa shape index (κ2) is 8.18. The van der Waals surface area contributed by atoms with Gasteiger partial charge in [-0.3, -0.25) is 9.80 Å². The highest BCUT2D eigenvalue weighted by atomic mass is 15.3. The fourth-order valence-electron chi connectivity index (χ4n) is 2.60. The van der Waals surface area contributed by atoms with Crippen molar-refractivity contribution >= 4 is 5.69 Å². The summed E-state index contributed by atoms with van der Waals surface area (Å²) in [5.74, 6) is 0. The van der Waals surface area contributed by atoms with E-state index in [9.17, 15) is 0 Å². The lowest BCUT2D eigenvalue weighted by Crippen LogP contribution is -2.46. The standard InChI is InChI=1S/C16H27N3/c1-2-3-11-18-12-7-13-19(15-18)14-10-17-16-8-5-4-6-9-16/h4-6,8-9,17H,2-3,7,10-15H2,1H3. The average Bonchev–Trinajstić information content (AvgIpc) is 2.47. The minimum absolute atomic E-state index is 1.03. The molecule has 0 amide bonds. The van der Waals surface area contributed by atoms with Gasteiger partial charge in [0.25, 0.3) is 0 Å². The van der Waals surface area contributed by atoms with Gasteiger partial charge in [0, 0.05) is 31.9 Å². The first-order valence-electron chi connectivity index (χ1n) is 7.62. The number of hydrogen-bond donors (Lipinski definition) is 1. The summed E-state index contributed by atoms with van der Waals surface area (Å²) < 4.78 is 0. The van der Waals surface area contributed by atoms with Crippen LogP contribution in [0.2, 0.25) is 0 Å². The molecule has 3 nitrogen and oxygen atoms in total. The molecule has 106 valence electrons. The Hall–Kier alpha value is -1.06. The van der Waals surface area contributed by atoms with E-state index in [2.05, 4.69) is 52.4 Å². The fourth-order valence-corrected chi connectivity index (χ4v) is 2.60. The molecule has 1 aromatic carbocycles. The lowest BCUT2D eigenvalue weighted by molar-refractivity contribution is 0.0883. The van der Waals surface area contributed by atoms with Crippen LogP contribution < -0.4 is 5.32 Å². The summed E-state index contributed by atoms with van der Waals surface area (Å²) in [6, 6.07) is 10.5. The Balaban J connectivity index is 1.65. The van der Waals surface area contributed by atoms with Crippen molar-refractivity contribution in [1.82, 2.24) is 9.80 Å². The lowest BCUT2D eigenvalue weighted by Gasteiger charge is -2.35. The average molecular weight is 261 g/mol. The maximum atomic E-state index is 3.49. The van der Waals surface area contributed by atoms with Gasteiger partial charge in [-0.1, -0.05) is 31.5 Å². The van der Waals surface area contributed by atoms with Gasteiger partial charge in [0.1, 0.15) is 0 Å². The quantitative estimate of drug-likeness (QED) is 0.814. The van der Waals surface area contributed by atoms with Crippen molar-refractivity contribution in [3.8, 4) is 0 Å². The zero-order valence-corrected chi connectivity index (χ0v) is 12.1. The Kier molecular flexibility index (Phi) is 6.18. The van der Waals surface area contributed by atoms with Crippen LogP contribution in [0.15, 0.2) is 30.3 Å². The van der Waals surface area contributed by atoms with E-state index in [1.54, 1.807) is 0 Å². The normalized spacial score (nSPS) is 17.5. The lowest BCUT2D eigenvalue weighted by atomic mass is 10.2. The van der Waals surface area contributed by atoms with E-state index < -0.39 is 0 Å². The van der Waals surface area contributed by atoms with E-state index in [4.69, 9.17) is 0 Å². The van der Waals surface area contributed by atoms with Gasteiger partial charge in [0.15, 0.2) is 0 Å². The fraction of sp³-hybridized carbons (Fsp3) is 0.625. The van der Waals surface area contributed by atoms with Gasteiger partial charge in [-0.25, -0.2) is 0 Å². The Morgan fingerprint density at radius 2 is 1.79 bits per heavy atom. The van der Waals surface area contributed by atoms with Crippen LogP contribution in [0.3, 0.4) is 0 Å². The number of unbranched alkanes of at least 4 members (excludes halogenated alkanes) is 1. The van der Waals surface area contributed by atoms with Crippen LogP contribution in [0.5, 0.6) is 0 Å². The maximum Gasteiger partial charge on any atom is 0.0506 e. The third kappa shape index (κ3) is 5.21. The molecule has 0 aromatic heterocycles. The van der Waals surface area contributed by atoms with Crippen LogP contribution in [0.4, 0.5) is 5.69 Å². The predicted molar refractivity (Wildman–Crippen MR) is 82.5 cm³/mol. The smallest absolute Gasteiger partial charge is 0.0506 e. The molecule has 0 radical (unpaired) electrons. The molecule has 1 aromatic rings. The summed E-state index contributed by atoms with van der Waals surface area (Å²) in [5, 5.41) is 3.49. The summed E-state index contributed by atoms with van der Waals surface area (Å²) >= 11 is 0. The molecule has 3 heteroatoms. The molecular weight excluding hydrogens is 234 g/mol. The third-order valence-corrected chi connectivity index (χ3v) is 3.71. The summed E-state index contributed by atoms with van der Waals surface area (Å²) in [6.07, 6.45) is 3.94. The highest BCUT2D eigenvalue weighted by Crippen LogP contribution is 2.08. The second-order valence-corrected chi connectivity index (χ2v) is 5.38. The van der Waals surface area contributed by atoms with Crippen LogP contribution in [0, 0.1) is 0 Å². The number of para-hydroxylation sites is 1. The van der Waals surface area contributed by atoms with Crippen molar-refractivity contribution in [2.75, 3.05) is 44.7 Å². The number of nitrogens with zero attached hydrogens (tertiary/aromatic N) is 2. The van der Waals surface area contributed by atoms with Gasteiger partial charge in [0.2, 0.25) is 0 Å². The zero-order valence-electron chi connectivity index (χ0n) is 12.1. The van der Waals surface area contributed by atoms with Crippen molar-refractivity contribution in [2.24, 2.45) is 0 Å². The number of hydrogen-bond acceptors (Lipinski definition) is 3. The Morgan fingerprint density at radius 1 is 1.05 bits per heavy atom. The Labute approximate surface area is 117 Å². The summed E-state index contributed by atoms with van der Waals surface area (Å²) in [6.45, 7) is 9.38. The molecule has 19 heavy (non-hydrogen) atoms. The molecule has 0 saturated carbocycles. The molecule has 0 bridgehead atoms. The highest BCUT2D eigenvalue weighted by Gasteiger charge is 2.15. The number of benzene rings is 1. The van der Waals surface area contributed by atoms with Gasteiger partial charge >= 0.3 is 0 Å². The molecule has 1 aliphatic rings. The first-order valence-corrected chi connectivity index (χ1v) is 7.62. The van der Waals surface area contributed by atoms with Crippen LogP contribution in [-0.2, 0) is 0 Å². The van der Waals surface area contributed by atoms with Crippen molar-refractivity contribution < 1.29 is 0 Å². The van der Waals surface area contributed by atoms with Crippen molar-refractivity contribution in [2.45, 2.75) is 26.2 Å². The van der Waals surface area contributed by atoms with Crippen LogP contribution in [0.1, 0.15) is 26.2 Å². The summed E-state index contributed by atoms with van der Waals surface area (Å²) in [7, 11) is 0. The first kappa shape index (κ1) is 14.4. The van der Waals surface area contributed by atoms with Crippen molar-refractivity contribution in [1.29, 1.82) is 0 Å². The summed E-state index contributed by atoms with van der Waals surface area (Å²) in [5.41, 5.74) is 1.22. The van der Waals surface area contributed by atoms with Gasteiger partial charge in [-0.15, -0.1) is 0 Å². The van der Waals surface area contributed by atoms with Gasteiger partial charge < -0.3 is 5.32 Å². The molecule has 1 fully saturated rings. The van der Waals surface area contributed by atoms with E-state index in [0.29, 0.717) is 0 Å². The second-order valence-electron chi connectivity index (χ2n) is 5.38. The minimum atomic E-state index is 1.03. The van der Waals surface area contributed by atoms with E-state index in [-0.39, 0.29) is 0 Å². The minimum Gasteiger partial charge on any atom is -0.384 e. The molecule has 1 aliphatic heterocycles. The van der Waals surface area contributed by atoms with E-state index in [1.807, 2.05) is 0 Å². The van der Waals surface area contributed by atoms with Crippen molar-refractivity contribution in [3.05, 3.63) is 30.3 Å². The topological polar surface area (TPSA) is 18.5 Å².